The van der Waals surface area contributed by atoms with Crippen LogP contribution in [0.2, 0.25) is 0 Å². The number of carbonyl (C=O) groups excluding carboxylic acids is 5. The Labute approximate surface area is 355 Å². The van der Waals surface area contributed by atoms with Crippen LogP contribution < -0.4 is 15.4 Å². The minimum Gasteiger partial charge on any atom is -0.491 e. The van der Waals surface area contributed by atoms with E-state index in [1.54, 1.807) is 6.07 Å². The van der Waals surface area contributed by atoms with E-state index in [0.29, 0.717) is 31.0 Å². The Morgan fingerprint density at radius 3 is 2.35 bits per heavy atom. The molecule has 3 N–H and O–H groups in total. The van der Waals surface area contributed by atoms with E-state index in [1.165, 1.54) is 24.3 Å². The molecule has 1 atom stereocenters. The third kappa shape index (κ3) is 9.38. The number of hydrogen-bond donors (Lipinski definition) is 3. The van der Waals surface area contributed by atoms with Gasteiger partial charge in [0, 0.05) is 63.9 Å². The zero-order valence-corrected chi connectivity index (χ0v) is 34.0. The molecule has 62 heavy (non-hydrogen) atoms. The highest BCUT2D eigenvalue weighted by Gasteiger charge is 2.45. The zero-order valence-electron chi connectivity index (χ0n) is 34.0. The molecule has 15 nitrogen and oxygen atoms in total. The molecule has 3 fully saturated rings. The molecule has 3 aliphatic heterocycles. The van der Waals surface area contributed by atoms with Gasteiger partial charge in [0.1, 0.15) is 18.4 Å². The fourth-order valence-electron chi connectivity index (χ4n) is 8.78. The van der Waals surface area contributed by atoms with Crippen molar-refractivity contribution in [3.05, 3.63) is 88.5 Å². The Morgan fingerprint density at radius 1 is 0.855 bits per heavy atom. The SMILES string of the molecule is O=C1CCC(N2C(=O)c3ccc(OCCOCCN4CCN(Cc5ccc6c(c5)nc(NC(=O)c5cccc(C(F)(F)F)c5)n6C5CCC(CO)CC5)CC4)cc3C2=O)C(=O)N1. The number of nitrogens with one attached hydrogen (secondary N) is 2. The van der Waals surface area contributed by atoms with Crippen LogP contribution in [0.1, 0.15) is 86.8 Å². The Bertz CT molecular complexity index is 2350. The predicted octanol–water partition coefficient (Wildman–Crippen LogP) is 4.65. The number of piperazine rings is 1. The van der Waals surface area contributed by atoms with Gasteiger partial charge in [-0.25, -0.2) is 4.98 Å². The quantitative estimate of drug-likeness (QED) is 0.119. The van der Waals surface area contributed by atoms with Crippen LogP contribution in [0.3, 0.4) is 0 Å². The smallest absolute Gasteiger partial charge is 0.416 e. The summed E-state index contributed by atoms with van der Waals surface area (Å²) in [6.07, 6.45) is -1.28. The topological polar surface area (TPSA) is 176 Å². The number of benzene rings is 3. The molecule has 328 valence electrons. The van der Waals surface area contributed by atoms with Gasteiger partial charge in [-0.15, -0.1) is 0 Å². The highest BCUT2D eigenvalue weighted by molar-refractivity contribution is 6.23. The number of imidazole rings is 1. The van der Waals surface area contributed by atoms with Crippen LogP contribution in [0, 0.1) is 5.92 Å². The van der Waals surface area contributed by atoms with Crippen molar-refractivity contribution in [1.82, 2.24) is 29.6 Å². The van der Waals surface area contributed by atoms with Crippen LogP contribution >= 0.6 is 0 Å². The number of halogens is 3. The molecule has 1 aromatic heterocycles. The third-order valence-electron chi connectivity index (χ3n) is 12.2. The molecular weight excluding hydrogens is 812 g/mol. The Morgan fingerprint density at radius 2 is 1.61 bits per heavy atom. The number of carbonyl (C=O) groups is 5. The maximum absolute atomic E-state index is 13.4. The van der Waals surface area contributed by atoms with E-state index in [4.69, 9.17) is 14.5 Å². The molecule has 1 aliphatic carbocycles. The van der Waals surface area contributed by atoms with Crippen molar-refractivity contribution < 1.29 is 51.7 Å². The normalized spacial score (nSPS) is 21.4. The number of aliphatic hydroxyl groups is 1. The summed E-state index contributed by atoms with van der Waals surface area (Å²) in [6.45, 7) is 5.93. The number of rotatable bonds is 14. The summed E-state index contributed by atoms with van der Waals surface area (Å²) in [4.78, 5) is 73.6. The van der Waals surface area contributed by atoms with Gasteiger partial charge in [0.05, 0.1) is 40.9 Å². The zero-order chi connectivity index (χ0) is 43.5. The summed E-state index contributed by atoms with van der Waals surface area (Å²) in [6, 6.07) is 13.9. The maximum Gasteiger partial charge on any atom is 0.416 e. The van der Waals surface area contributed by atoms with Crippen LogP contribution in [0.5, 0.6) is 5.75 Å². The summed E-state index contributed by atoms with van der Waals surface area (Å²) in [5, 5.41) is 14.7. The summed E-state index contributed by atoms with van der Waals surface area (Å²) < 4.78 is 53.9. The number of aliphatic hydroxyl groups excluding tert-OH is 1. The molecule has 3 aromatic carbocycles. The van der Waals surface area contributed by atoms with E-state index >= 15 is 0 Å². The first-order valence-electron chi connectivity index (χ1n) is 21.0. The number of alkyl halides is 3. The number of aromatic nitrogens is 2. The molecule has 4 aromatic rings. The molecule has 18 heteroatoms. The van der Waals surface area contributed by atoms with Crippen molar-refractivity contribution in [3.8, 4) is 5.75 Å². The van der Waals surface area contributed by atoms with Gasteiger partial charge >= 0.3 is 6.18 Å². The molecule has 0 bridgehead atoms. The Kier molecular flexibility index (Phi) is 12.7. The van der Waals surface area contributed by atoms with Gasteiger partial charge < -0.3 is 19.1 Å². The molecule has 4 aliphatic rings. The molecule has 5 amide bonds. The van der Waals surface area contributed by atoms with Crippen molar-refractivity contribution in [2.75, 3.05) is 64.5 Å². The number of imide groups is 2. The van der Waals surface area contributed by atoms with Crippen LogP contribution in [0.4, 0.5) is 19.1 Å². The van der Waals surface area contributed by atoms with Gasteiger partial charge in [0.2, 0.25) is 17.8 Å². The molecule has 0 spiro atoms. The average Bonchev–Trinajstić information content (AvgIpc) is 3.74. The highest BCUT2D eigenvalue weighted by Crippen LogP contribution is 2.37. The second kappa shape index (κ2) is 18.3. The standard InChI is InChI=1S/C44H48F3N7O8/c45-44(46,47)30-3-1-2-29(23-30)39(57)50-43-48-35-22-28(6-11-36(35)53(43)31-7-4-27(26-55)5-8-31)25-52-16-14-51(15-17-52)18-19-61-20-21-62-32-9-10-33-34(24-32)42(60)54(41(33)59)37-12-13-38(56)49-40(37)58/h1-3,6,9-11,22-24,27,31,37,55H,4-5,7-8,12-21,25-26H2,(H,48,50,57)(H,49,56,58). The van der Waals surface area contributed by atoms with Gasteiger partial charge in [-0.05, 0) is 92.1 Å². The van der Waals surface area contributed by atoms with Crippen molar-refractivity contribution >= 4 is 46.5 Å². The number of anilines is 1. The second-order valence-electron chi connectivity index (χ2n) is 16.3. The van der Waals surface area contributed by atoms with Gasteiger partial charge in [-0.1, -0.05) is 12.1 Å². The molecule has 2 saturated heterocycles. The van der Waals surface area contributed by atoms with Gasteiger partial charge in [0.25, 0.3) is 17.7 Å². The van der Waals surface area contributed by atoms with Crippen LogP contribution in [-0.2, 0) is 27.0 Å². The van der Waals surface area contributed by atoms with E-state index in [0.717, 1.165) is 86.5 Å². The number of hydrogen-bond acceptors (Lipinski definition) is 11. The van der Waals surface area contributed by atoms with Crippen molar-refractivity contribution in [1.29, 1.82) is 0 Å². The Hall–Kier alpha value is -5.69. The molecule has 8 rings (SSSR count). The van der Waals surface area contributed by atoms with E-state index in [9.17, 15) is 42.3 Å². The highest BCUT2D eigenvalue weighted by atomic mass is 19.4. The minimum absolute atomic E-state index is 0.00129. The molecule has 1 saturated carbocycles. The Balaban J connectivity index is 0.806. The number of ether oxygens (including phenoxy) is 2. The fourth-order valence-corrected chi connectivity index (χ4v) is 8.78. The summed E-state index contributed by atoms with van der Waals surface area (Å²) >= 11 is 0. The van der Waals surface area contributed by atoms with Gasteiger partial charge in [0.15, 0.2) is 0 Å². The lowest BCUT2D eigenvalue weighted by Crippen LogP contribution is -2.54. The molecule has 1 unspecified atom stereocenters. The molecular formula is C44H48F3N7O8. The lowest BCUT2D eigenvalue weighted by Gasteiger charge is -2.34. The summed E-state index contributed by atoms with van der Waals surface area (Å²) in [5.41, 5.74) is 1.87. The third-order valence-corrected chi connectivity index (χ3v) is 12.2. The monoisotopic (exact) mass is 859 g/mol. The number of amides is 5. The fraction of sp³-hybridized carbons (Fsp3) is 0.455. The molecule has 0 radical (unpaired) electrons. The largest absolute Gasteiger partial charge is 0.491 e. The van der Waals surface area contributed by atoms with Gasteiger partial charge in [-0.2, -0.15) is 13.2 Å². The first-order valence-corrected chi connectivity index (χ1v) is 21.0. The summed E-state index contributed by atoms with van der Waals surface area (Å²) in [5.74, 6) is -2.06. The van der Waals surface area contributed by atoms with E-state index in [1.807, 2.05) is 16.7 Å². The van der Waals surface area contributed by atoms with Crippen LogP contribution in [0.15, 0.2) is 60.7 Å². The maximum atomic E-state index is 13.4. The number of piperidine rings is 1. The first-order chi connectivity index (χ1) is 29.9. The predicted molar refractivity (Wildman–Crippen MR) is 218 cm³/mol. The lowest BCUT2D eigenvalue weighted by atomic mass is 9.86. The van der Waals surface area contributed by atoms with Crippen molar-refractivity contribution in [2.24, 2.45) is 5.92 Å². The van der Waals surface area contributed by atoms with Crippen molar-refractivity contribution in [2.45, 2.75) is 63.3 Å². The summed E-state index contributed by atoms with van der Waals surface area (Å²) in [7, 11) is 0. The molecule has 4 heterocycles. The number of fused-ring (bicyclic) bond motifs is 2. The van der Waals surface area contributed by atoms with Crippen LogP contribution in [0.25, 0.3) is 11.0 Å². The first kappa shape index (κ1) is 43.0. The second-order valence-corrected chi connectivity index (χ2v) is 16.3. The van der Waals surface area contributed by atoms with Crippen molar-refractivity contribution in [3.63, 3.8) is 0 Å². The average molecular weight is 860 g/mol. The van der Waals surface area contributed by atoms with E-state index < -0.39 is 47.3 Å². The van der Waals surface area contributed by atoms with Crippen LogP contribution in [-0.4, -0.2) is 124 Å². The minimum atomic E-state index is -4.58. The van der Waals surface area contributed by atoms with E-state index in [-0.39, 0.29) is 60.7 Å². The van der Waals surface area contributed by atoms with Gasteiger partial charge in [-0.3, -0.25) is 49.3 Å². The number of nitrogens with zero attached hydrogens (tertiary/aromatic N) is 5. The lowest BCUT2D eigenvalue weighted by molar-refractivity contribution is -0.138. The van der Waals surface area contributed by atoms with E-state index in [2.05, 4.69) is 26.5 Å².